The van der Waals surface area contributed by atoms with Crippen molar-refractivity contribution >= 4 is 0 Å². The first-order valence-electron chi connectivity index (χ1n) is 9.10. The van der Waals surface area contributed by atoms with Crippen LogP contribution in [0.4, 0.5) is 0 Å². The molecule has 0 saturated carbocycles. The van der Waals surface area contributed by atoms with Crippen molar-refractivity contribution in [3.63, 3.8) is 0 Å². The highest BCUT2D eigenvalue weighted by molar-refractivity contribution is 4.99. The Morgan fingerprint density at radius 2 is 1.36 bits per heavy atom. The predicted octanol–water partition coefficient (Wildman–Crippen LogP) is 2.86. The van der Waals surface area contributed by atoms with E-state index < -0.39 is 18.2 Å². The van der Waals surface area contributed by atoms with Gasteiger partial charge >= 0.3 is 0 Å². The van der Waals surface area contributed by atoms with Gasteiger partial charge in [-0.2, -0.15) is 0 Å². The molecule has 6 N–H and O–H groups in total. The average Bonchev–Trinajstić information content (AvgIpc) is 2.54. The molecule has 0 radical (unpaired) electrons. The molecule has 0 aliphatic carbocycles. The van der Waals surface area contributed by atoms with Crippen molar-refractivity contribution in [2.24, 2.45) is 11.5 Å². The summed E-state index contributed by atoms with van der Waals surface area (Å²) in [5.41, 5.74) is 11.6. The smallest absolute Gasteiger partial charge is 0.0939 e. The van der Waals surface area contributed by atoms with Gasteiger partial charge in [-0.3, -0.25) is 0 Å². The normalized spacial score (nSPS) is 16.0. The molecule has 0 aromatic carbocycles. The Balaban J connectivity index is 3.40. The Hall–Kier alpha value is -0.420. The highest BCUT2D eigenvalue weighted by atomic mass is 16.3. The first kappa shape index (κ1) is 21.6. The van der Waals surface area contributed by atoms with Gasteiger partial charge in [0.15, 0.2) is 0 Å². The number of nitrogens with two attached hydrogens (primary N) is 2. The summed E-state index contributed by atoms with van der Waals surface area (Å²) < 4.78 is 0. The number of rotatable bonds is 15. The van der Waals surface area contributed by atoms with Gasteiger partial charge in [-0.25, -0.2) is 0 Å². The summed E-state index contributed by atoms with van der Waals surface area (Å²) in [7, 11) is 0. The van der Waals surface area contributed by atoms with Crippen LogP contribution in [0.5, 0.6) is 0 Å². The lowest BCUT2D eigenvalue weighted by Crippen LogP contribution is -2.49. The van der Waals surface area contributed by atoms with Gasteiger partial charge in [0, 0.05) is 6.04 Å². The molecule has 22 heavy (non-hydrogen) atoms. The van der Waals surface area contributed by atoms with E-state index in [2.05, 4.69) is 6.92 Å². The summed E-state index contributed by atoms with van der Waals surface area (Å²) in [4.78, 5) is 0. The Morgan fingerprint density at radius 1 is 0.864 bits per heavy atom. The van der Waals surface area contributed by atoms with E-state index in [0.717, 1.165) is 6.42 Å². The maximum atomic E-state index is 9.40. The maximum absolute atomic E-state index is 9.40. The van der Waals surface area contributed by atoms with Crippen molar-refractivity contribution in [3.8, 4) is 0 Å². The number of unbranched alkanes of at least 4 members (excludes halogenated alkanes) is 10. The zero-order chi connectivity index (χ0) is 16.6. The van der Waals surface area contributed by atoms with E-state index in [4.69, 9.17) is 16.6 Å². The lowest BCUT2D eigenvalue weighted by atomic mass is 10.0. The number of hydrogen-bond donors (Lipinski definition) is 4. The van der Waals surface area contributed by atoms with Crippen LogP contribution in [0.3, 0.4) is 0 Å². The second kappa shape index (κ2) is 15.5. The minimum absolute atomic E-state index is 0.346. The van der Waals surface area contributed by atoms with Crippen molar-refractivity contribution in [1.82, 2.24) is 0 Å². The highest BCUT2D eigenvalue weighted by Crippen LogP contribution is 2.11. The molecule has 0 bridgehead atoms. The molecule has 0 heterocycles. The molecular formula is C18H38N2O2. The molecule has 1 unspecified atom stereocenters. The van der Waals surface area contributed by atoms with E-state index in [-0.39, 0.29) is 6.61 Å². The molecule has 4 heteroatoms. The SMILES string of the molecule is CCCCCCCCCCCC/C=C/C(N)[C@@H](N)[C@H](O)CO. The van der Waals surface area contributed by atoms with Crippen LogP contribution >= 0.6 is 0 Å². The molecule has 0 saturated heterocycles. The second-order valence-corrected chi connectivity index (χ2v) is 6.30. The quantitative estimate of drug-likeness (QED) is 0.276. The molecule has 132 valence electrons. The molecule has 0 fully saturated rings. The van der Waals surface area contributed by atoms with Crippen molar-refractivity contribution in [3.05, 3.63) is 12.2 Å². The monoisotopic (exact) mass is 314 g/mol. The molecule has 4 nitrogen and oxygen atoms in total. The number of aliphatic hydroxyl groups is 2. The van der Waals surface area contributed by atoms with E-state index in [1.807, 2.05) is 12.2 Å². The van der Waals surface area contributed by atoms with Gasteiger partial charge in [0.1, 0.15) is 0 Å². The van der Waals surface area contributed by atoms with Crippen LogP contribution in [0.25, 0.3) is 0 Å². The van der Waals surface area contributed by atoms with Crippen molar-refractivity contribution < 1.29 is 10.2 Å². The fourth-order valence-electron chi connectivity index (χ4n) is 2.51. The van der Waals surface area contributed by atoms with Gasteiger partial charge in [0.05, 0.1) is 18.8 Å². The van der Waals surface area contributed by atoms with Crippen LogP contribution < -0.4 is 11.5 Å². The number of hydrogen-bond acceptors (Lipinski definition) is 4. The van der Waals surface area contributed by atoms with Gasteiger partial charge < -0.3 is 21.7 Å². The molecule has 3 atom stereocenters. The molecule has 0 aromatic rings. The Kier molecular flexibility index (Phi) is 15.2. The Labute approximate surface area is 137 Å². The van der Waals surface area contributed by atoms with Crippen LogP contribution in [0.15, 0.2) is 12.2 Å². The lowest BCUT2D eigenvalue weighted by molar-refractivity contribution is 0.0709. The summed E-state index contributed by atoms with van der Waals surface area (Å²) >= 11 is 0. The van der Waals surface area contributed by atoms with Crippen LogP contribution in [-0.2, 0) is 0 Å². The molecule has 0 spiro atoms. The number of aliphatic hydroxyl groups excluding tert-OH is 2. The molecule has 0 rings (SSSR count). The molecule has 0 aliphatic rings. The fraction of sp³-hybridized carbons (Fsp3) is 0.889. The Bertz CT molecular complexity index is 259. The standard InChI is InChI=1S/C18H38N2O2/c1-2-3-4-5-6-7-8-9-10-11-12-13-14-16(19)18(20)17(22)15-21/h13-14,16-18,21-22H,2-12,15,19-20H2,1H3/b14-13+/t16?,17-,18-/m1/s1. The van der Waals surface area contributed by atoms with Gasteiger partial charge in [-0.1, -0.05) is 76.9 Å². The van der Waals surface area contributed by atoms with Gasteiger partial charge in [0.25, 0.3) is 0 Å². The van der Waals surface area contributed by atoms with Crippen molar-refractivity contribution in [2.75, 3.05) is 6.61 Å². The zero-order valence-corrected chi connectivity index (χ0v) is 14.4. The Morgan fingerprint density at radius 3 is 1.86 bits per heavy atom. The largest absolute Gasteiger partial charge is 0.394 e. The summed E-state index contributed by atoms with van der Waals surface area (Å²) in [6.07, 6.45) is 17.3. The summed E-state index contributed by atoms with van der Waals surface area (Å²) in [5, 5.41) is 18.2. The summed E-state index contributed by atoms with van der Waals surface area (Å²) in [5.74, 6) is 0. The van der Waals surface area contributed by atoms with E-state index in [1.54, 1.807) is 0 Å². The van der Waals surface area contributed by atoms with Gasteiger partial charge in [0.2, 0.25) is 0 Å². The minimum Gasteiger partial charge on any atom is -0.394 e. The van der Waals surface area contributed by atoms with Crippen LogP contribution in [0.1, 0.15) is 77.6 Å². The summed E-state index contributed by atoms with van der Waals surface area (Å²) in [6.45, 7) is 1.91. The topological polar surface area (TPSA) is 92.5 Å². The number of allylic oxidation sites excluding steroid dienone is 1. The third-order valence-corrected chi connectivity index (χ3v) is 4.16. The van der Waals surface area contributed by atoms with Gasteiger partial charge in [-0.15, -0.1) is 0 Å². The van der Waals surface area contributed by atoms with E-state index in [1.165, 1.54) is 64.2 Å². The second-order valence-electron chi connectivity index (χ2n) is 6.30. The fourth-order valence-corrected chi connectivity index (χ4v) is 2.51. The molecular weight excluding hydrogens is 276 g/mol. The first-order chi connectivity index (χ1) is 10.6. The third-order valence-electron chi connectivity index (χ3n) is 4.16. The van der Waals surface area contributed by atoms with Crippen LogP contribution in [0.2, 0.25) is 0 Å². The molecule has 0 amide bonds. The lowest BCUT2D eigenvalue weighted by Gasteiger charge is -2.20. The predicted molar refractivity (Wildman–Crippen MR) is 94.6 cm³/mol. The average molecular weight is 315 g/mol. The third kappa shape index (κ3) is 12.2. The summed E-state index contributed by atoms with van der Waals surface area (Å²) in [6, 6.07) is -1.00. The van der Waals surface area contributed by atoms with Crippen LogP contribution in [-0.4, -0.2) is 35.0 Å². The maximum Gasteiger partial charge on any atom is 0.0939 e. The highest BCUT2D eigenvalue weighted by Gasteiger charge is 2.18. The molecule has 0 aliphatic heterocycles. The van der Waals surface area contributed by atoms with E-state index in [9.17, 15) is 5.11 Å². The zero-order valence-electron chi connectivity index (χ0n) is 14.4. The van der Waals surface area contributed by atoms with Crippen molar-refractivity contribution in [2.45, 2.75) is 95.7 Å². The van der Waals surface area contributed by atoms with Crippen LogP contribution in [0, 0.1) is 0 Å². The minimum atomic E-state index is -0.947. The van der Waals surface area contributed by atoms with Crippen molar-refractivity contribution in [1.29, 1.82) is 0 Å². The first-order valence-corrected chi connectivity index (χ1v) is 9.10. The van der Waals surface area contributed by atoms with Gasteiger partial charge in [-0.05, 0) is 12.8 Å². The van der Waals surface area contributed by atoms with E-state index in [0.29, 0.717) is 0 Å². The molecule has 0 aromatic heterocycles. The van der Waals surface area contributed by atoms with E-state index >= 15 is 0 Å².